The van der Waals surface area contributed by atoms with Crippen LogP contribution in [0.25, 0.3) is 0 Å². The predicted octanol–water partition coefficient (Wildman–Crippen LogP) is 0.742. The maximum atomic E-state index is 8.36. The van der Waals surface area contributed by atoms with Gasteiger partial charge >= 0.3 is 0 Å². The van der Waals surface area contributed by atoms with Gasteiger partial charge in [0.15, 0.2) is 0 Å². The van der Waals surface area contributed by atoms with Crippen LogP contribution in [0.3, 0.4) is 0 Å². The van der Waals surface area contributed by atoms with Crippen LogP contribution in [-0.4, -0.2) is 37.3 Å². The largest absolute Gasteiger partial charge is 0.396 e. The van der Waals surface area contributed by atoms with Gasteiger partial charge in [-0.15, -0.1) is 12.4 Å². The summed E-state index contributed by atoms with van der Waals surface area (Å²) in [6, 6.07) is 0. The molecule has 0 aliphatic carbocycles. The number of nitrogens with zero attached hydrogens (tertiary/aromatic N) is 1. The molecule has 0 bridgehead atoms. The quantitative estimate of drug-likeness (QED) is 0.603. The van der Waals surface area contributed by atoms with Gasteiger partial charge in [-0.1, -0.05) is 0 Å². The number of halogens is 1. The zero-order valence-corrected chi connectivity index (χ0v) is 6.95. The second-order valence-electron chi connectivity index (χ2n) is 2.23. The van der Waals surface area contributed by atoms with Crippen molar-refractivity contribution in [3.05, 3.63) is 0 Å². The summed E-state index contributed by atoms with van der Waals surface area (Å²) >= 11 is 0. The van der Waals surface area contributed by atoms with E-state index in [1.165, 1.54) is 0 Å². The number of aliphatic hydroxyl groups is 1. The molecule has 0 atom stereocenters. The molecular formula is C6H16ClNO. The zero-order valence-electron chi connectivity index (χ0n) is 6.13. The Morgan fingerprint density at radius 2 is 1.78 bits per heavy atom. The van der Waals surface area contributed by atoms with Crippen LogP contribution >= 0.6 is 12.4 Å². The van der Waals surface area contributed by atoms with Crippen molar-refractivity contribution in [1.29, 1.82) is 0 Å². The maximum Gasteiger partial charge on any atom is 0.0431 e. The molecular weight excluding hydrogens is 138 g/mol. The molecule has 0 aromatic rings. The third-order valence-corrected chi connectivity index (χ3v) is 1.01. The first-order valence-corrected chi connectivity index (χ1v) is 3.03. The van der Waals surface area contributed by atoms with E-state index in [0.717, 1.165) is 19.4 Å². The molecule has 0 heterocycles. The first kappa shape index (κ1) is 11.9. The summed E-state index contributed by atoms with van der Waals surface area (Å²) in [7, 11) is 4.08. The monoisotopic (exact) mass is 153 g/mol. The molecule has 2 nitrogen and oxygen atoms in total. The van der Waals surface area contributed by atoms with E-state index in [1.807, 2.05) is 14.1 Å². The molecule has 0 spiro atoms. The van der Waals surface area contributed by atoms with Crippen molar-refractivity contribution in [2.24, 2.45) is 0 Å². The SMILES string of the molecule is CN(C)CCCCO.Cl. The fourth-order valence-electron chi connectivity index (χ4n) is 0.540. The van der Waals surface area contributed by atoms with E-state index in [9.17, 15) is 0 Å². The van der Waals surface area contributed by atoms with Crippen LogP contribution < -0.4 is 0 Å². The van der Waals surface area contributed by atoms with Crippen LogP contribution in [0.2, 0.25) is 0 Å². The third-order valence-electron chi connectivity index (χ3n) is 1.01. The van der Waals surface area contributed by atoms with E-state index in [1.54, 1.807) is 0 Å². The molecule has 0 aliphatic heterocycles. The third kappa shape index (κ3) is 11.7. The van der Waals surface area contributed by atoms with Gasteiger partial charge in [0.05, 0.1) is 0 Å². The van der Waals surface area contributed by atoms with Crippen molar-refractivity contribution in [1.82, 2.24) is 4.90 Å². The molecule has 1 N–H and O–H groups in total. The number of aliphatic hydroxyl groups excluding tert-OH is 1. The zero-order chi connectivity index (χ0) is 6.41. The van der Waals surface area contributed by atoms with E-state index in [4.69, 9.17) is 5.11 Å². The molecule has 0 rings (SSSR count). The predicted molar refractivity (Wildman–Crippen MR) is 42.1 cm³/mol. The second-order valence-corrected chi connectivity index (χ2v) is 2.23. The van der Waals surface area contributed by atoms with Gasteiger partial charge in [-0.05, 0) is 33.5 Å². The van der Waals surface area contributed by atoms with Crippen molar-refractivity contribution < 1.29 is 5.11 Å². The summed E-state index contributed by atoms with van der Waals surface area (Å²) < 4.78 is 0. The van der Waals surface area contributed by atoms with Gasteiger partial charge in [-0.3, -0.25) is 0 Å². The Labute approximate surface area is 63.3 Å². The summed E-state index contributed by atoms with van der Waals surface area (Å²) in [5, 5.41) is 8.36. The molecule has 3 heteroatoms. The Morgan fingerprint density at radius 3 is 2.11 bits per heavy atom. The minimum absolute atomic E-state index is 0. The fourth-order valence-corrected chi connectivity index (χ4v) is 0.540. The van der Waals surface area contributed by atoms with Gasteiger partial charge in [0, 0.05) is 6.61 Å². The molecule has 0 aromatic carbocycles. The number of hydrogen-bond donors (Lipinski definition) is 1. The first-order chi connectivity index (χ1) is 3.77. The molecule has 9 heavy (non-hydrogen) atoms. The lowest BCUT2D eigenvalue weighted by molar-refractivity contribution is 0.273. The van der Waals surface area contributed by atoms with Crippen molar-refractivity contribution in [3.63, 3.8) is 0 Å². The van der Waals surface area contributed by atoms with Crippen LogP contribution in [0.4, 0.5) is 0 Å². The van der Waals surface area contributed by atoms with E-state index < -0.39 is 0 Å². The number of hydrogen-bond acceptors (Lipinski definition) is 2. The minimum atomic E-state index is 0. The highest BCUT2D eigenvalue weighted by Gasteiger charge is 1.87. The summed E-state index contributed by atoms with van der Waals surface area (Å²) in [6.45, 7) is 1.41. The number of unbranched alkanes of at least 4 members (excludes halogenated alkanes) is 1. The lowest BCUT2D eigenvalue weighted by Gasteiger charge is -2.06. The topological polar surface area (TPSA) is 23.5 Å². The highest BCUT2D eigenvalue weighted by Crippen LogP contribution is 1.87. The first-order valence-electron chi connectivity index (χ1n) is 3.03. The molecule has 0 aliphatic rings. The smallest absolute Gasteiger partial charge is 0.0431 e. The lowest BCUT2D eigenvalue weighted by atomic mass is 10.3. The van der Waals surface area contributed by atoms with E-state index >= 15 is 0 Å². The van der Waals surface area contributed by atoms with Gasteiger partial charge < -0.3 is 10.0 Å². The molecule has 0 fully saturated rings. The van der Waals surface area contributed by atoms with Crippen LogP contribution in [0.1, 0.15) is 12.8 Å². The van der Waals surface area contributed by atoms with E-state index in [-0.39, 0.29) is 12.4 Å². The molecule has 0 saturated carbocycles. The normalized spacial score (nSPS) is 9.33. The van der Waals surface area contributed by atoms with Crippen molar-refractivity contribution in [3.8, 4) is 0 Å². The van der Waals surface area contributed by atoms with Gasteiger partial charge in [0.25, 0.3) is 0 Å². The highest BCUT2D eigenvalue weighted by molar-refractivity contribution is 5.85. The summed E-state index contributed by atoms with van der Waals surface area (Å²) in [6.07, 6.45) is 2.03. The van der Waals surface area contributed by atoms with Gasteiger partial charge in [-0.25, -0.2) is 0 Å². The van der Waals surface area contributed by atoms with Crippen LogP contribution in [-0.2, 0) is 0 Å². The second kappa shape index (κ2) is 8.21. The molecule has 0 aromatic heterocycles. The lowest BCUT2D eigenvalue weighted by Crippen LogP contribution is -2.12. The van der Waals surface area contributed by atoms with Crippen molar-refractivity contribution in [2.75, 3.05) is 27.2 Å². The Kier molecular flexibility index (Phi) is 10.9. The van der Waals surface area contributed by atoms with Crippen LogP contribution in [0.15, 0.2) is 0 Å². The Morgan fingerprint density at radius 1 is 1.22 bits per heavy atom. The fraction of sp³-hybridized carbons (Fsp3) is 1.00. The molecule has 0 saturated heterocycles. The van der Waals surface area contributed by atoms with Crippen molar-refractivity contribution in [2.45, 2.75) is 12.8 Å². The average Bonchev–Trinajstić information content (AvgIpc) is 1.66. The summed E-state index contributed by atoms with van der Waals surface area (Å²) in [5.41, 5.74) is 0. The van der Waals surface area contributed by atoms with Crippen molar-refractivity contribution >= 4 is 12.4 Å². The summed E-state index contributed by atoms with van der Waals surface area (Å²) in [4.78, 5) is 2.12. The van der Waals surface area contributed by atoms with Gasteiger partial charge in [-0.2, -0.15) is 0 Å². The molecule has 0 unspecified atom stereocenters. The Balaban J connectivity index is 0. The molecule has 0 radical (unpaired) electrons. The van der Waals surface area contributed by atoms with Crippen LogP contribution in [0, 0.1) is 0 Å². The average molecular weight is 154 g/mol. The highest BCUT2D eigenvalue weighted by atomic mass is 35.5. The minimum Gasteiger partial charge on any atom is -0.396 e. The molecule has 58 valence electrons. The Hall–Kier alpha value is 0.210. The van der Waals surface area contributed by atoms with Gasteiger partial charge in [0.1, 0.15) is 0 Å². The maximum absolute atomic E-state index is 8.36. The number of rotatable bonds is 4. The summed E-state index contributed by atoms with van der Waals surface area (Å²) in [5.74, 6) is 0. The van der Waals surface area contributed by atoms with E-state index in [0.29, 0.717) is 6.61 Å². The van der Waals surface area contributed by atoms with Gasteiger partial charge in [0.2, 0.25) is 0 Å². The molecule has 0 amide bonds. The van der Waals surface area contributed by atoms with E-state index in [2.05, 4.69) is 4.90 Å². The standard InChI is InChI=1S/C6H15NO.ClH/c1-7(2)5-3-4-6-8;/h8H,3-6H2,1-2H3;1H. The van der Waals surface area contributed by atoms with Crippen LogP contribution in [0.5, 0.6) is 0 Å². The Bertz CT molecular complexity index is 50.3.